The smallest absolute Gasteiger partial charge is 0.394 e. The minimum atomic E-state index is -1.19. The van der Waals surface area contributed by atoms with Crippen LogP contribution in [0.1, 0.15) is 29.4 Å². The molecule has 0 radical (unpaired) electrons. The molecule has 15 heavy (non-hydrogen) atoms. The van der Waals surface area contributed by atoms with Gasteiger partial charge in [-0.1, -0.05) is 5.16 Å². The molecule has 0 amide bonds. The maximum absolute atomic E-state index is 10.5. The summed E-state index contributed by atoms with van der Waals surface area (Å²) >= 11 is 0. The van der Waals surface area contributed by atoms with Gasteiger partial charge in [0.15, 0.2) is 5.82 Å². The molecule has 0 saturated carbocycles. The molecular formula is C9H12N2O4. The van der Waals surface area contributed by atoms with E-state index < -0.39 is 5.97 Å². The lowest BCUT2D eigenvalue weighted by molar-refractivity contribution is 0.0541. The van der Waals surface area contributed by atoms with Crippen molar-refractivity contribution >= 4 is 5.97 Å². The molecule has 1 aromatic rings. The van der Waals surface area contributed by atoms with Gasteiger partial charge in [-0.3, -0.25) is 0 Å². The van der Waals surface area contributed by atoms with Gasteiger partial charge in [0.05, 0.1) is 0 Å². The molecule has 0 bridgehead atoms. The summed E-state index contributed by atoms with van der Waals surface area (Å²) < 4.78 is 9.87. The Bertz CT molecular complexity index is 344. The molecule has 1 fully saturated rings. The maximum Gasteiger partial charge on any atom is 0.394 e. The fourth-order valence-corrected chi connectivity index (χ4v) is 1.65. The van der Waals surface area contributed by atoms with Crippen molar-refractivity contribution in [3.8, 4) is 0 Å². The Balaban J connectivity index is 1.94. The van der Waals surface area contributed by atoms with Crippen LogP contribution in [-0.4, -0.2) is 34.4 Å². The van der Waals surface area contributed by atoms with Gasteiger partial charge in [-0.2, -0.15) is 4.98 Å². The van der Waals surface area contributed by atoms with Gasteiger partial charge in [0.1, 0.15) is 0 Å². The number of carboxylic acid groups (broad SMARTS) is 1. The maximum atomic E-state index is 10.5. The topological polar surface area (TPSA) is 85.5 Å². The van der Waals surface area contributed by atoms with Crippen molar-refractivity contribution in [2.24, 2.45) is 5.92 Å². The van der Waals surface area contributed by atoms with Crippen LogP contribution in [0, 0.1) is 5.92 Å². The highest BCUT2D eigenvalue weighted by Gasteiger charge is 2.19. The number of ether oxygens (including phenoxy) is 1. The van der Waals surface area contributed by atoms with Gasteiger partial charge in [-0.05, 0) is 18.8 Å². The number of rotatable bonds is 3. The van der Waals surface area contributed by atoms with Crippen molar-refractivity contribution in [2.45, 2.75) is 19.3 Å². The lowest BCUT2D eigenvalue weighted by Crippen LogP contribution is -2.19. The van der Waals surface area contributed by atoms with E-state index in [0.29, 0.717) is 24.8 Å². The second-order valence-corrected chi connectivity index (χ2v) is 3.61. The van der Waals surface area contributed by atoms with E-state index in [1.165, 1.54) is 0 Å². The first kappa shape index (κ1) is 10.1. The number of carbonyl (C=O) groups is 1. The molecule has 1 aromatic heterocycles. The molecule has 0 aliphatic carbocycles. The van der Waals surface area contributed by atoms with Gasteiger partial charge in [0, 0.05) is 19.6 Å². The number of nitrogens with zero attached hydrogens (tertiary/aromatic N) is 2. The van der Waals surface area contributed by atoms with Crippen LogP contribution in [0.25, 0.3) is 0 Å². The molecule has 0 spiro atoms. The third-order valence-electron chi connectivity index (χ3n) is 2.38. The van der Waals surface area contributed by atoms with E-state index in [9.17, 15) is 4.79 Å². The Morgan fingerprint density at radius 3 is 3.07 bits per heavy atom. The van der Waals surface area contributed by atoms with Crippen molar-refractivity contribution in [3.63, 3.8) is 0 Å². The van der Waals surface area contributed by atoms with Crippen LogP contribution in [0.3, 0.4) is 0 Å². The number of aromatic nitrogens is 2. The zero-order valence-electron chi connectivity index (χ0n) is 8.18. The predicted octanol–water partition coefficient (Wildman–Crippen LogP) is 0.737. The second-order valence-electron chi connectivity index (χ2n) is 3.61. The molecule has 82 valence electrons. The standard InChI is InChI=1S/C9H12N2O4/c12-9(13)8-10-7(11-15-8)4-6-2-1-3-14-5-6/h6H,1-5H2,(H,12,13). The number of hydrogen-bond donors (Lipinski definition) is 1. The molecule has 6 nitrogen and oxygen atoms in total. The largest absolute Gasteiger partial charge is 0.474 e. The molecule has 6 heteroatoms. The Morgan fingerprint density at radius 2 is 2.47 bits per heavy atom. The van der Waals surface area contributed by atoms with E-state index >= 15 is 0 Å². The third-order valence-corrected chi connectivity index (χ3v) is 2.38. The van der Waals surface area contributed by atoms with E-state index in [2.05, 4.69) is 14.7 Å². The van der Waals surface area contributed by atoms with Crippen LogP contribution in [0.5, 0.6) is 0 Å². The van der Waals surface area contributed by atoms with Crippen LogP contribution >= 0.6 is 0 Å². The van der Waals surface area contributed by atoms with Crippen molar-refractivity contribution in [1.29, 1.82) is 0 Å². The van der Waals surface area contributed by atoms with Crippen LogP contribution < -0.4 is 0 Å². The molecule has 0 aromatic carbocycles. The summed E-state index contributed by atoms with van der Waals surface area (Å²) in [7, 11) is 0. The molecule has 1 N–H and O–H groups in total. The highest BCUT2D eigenvalue weighted by atomic mass is 16.5. The molecular weight excluding hydrogens is 200 g/mol. The minimum absolute atomic E-state index is 0.346. The van der Waals surface area contributed by atoms with Crippen molar-refractivity contribution in [3.05, 3.63) is 11.7 Å². The summed E-state index contributed by atoms with van der Waals surface area (Å²) in [6.45, 7) is 1.50. The predicted molar refractivity (Wildman–Crippen MR) is 48.5 cm³/mol. The first-order valence-corrected chi connectivity index (χ1v) is 4.89. The highest BCUT2D eigenvalue weighted by Crippen LogP contribution is 2.17. The monoisotopic (exact) mass is 212 g/mol. The number of aromatic carboxylic acids is 1. The van der Waals surface area contributed by atoms with Gasteiger partial charge < -0.3 is 14.4 Å². The van der Waals surface area contributed by atoms with Gasteiger partial charge in [-0.25, -0.2) is 4.79 Å². The average Bonchev–Trinajstić information content (AvgIpc) is 2.68. The van der Waals surface area contributed by atoms with Crippen LogP contribution in [-0.2, 0) is 11.2 Å². The zero-order valence-corrected chi connectivity index (χ0v) is 8.18. The van der Waals surface area contributed by atoms with Gasteiger partial charge >= 0.3 is 11.9 Å². The van der Waals surface area contributed by atoms with Gasteiger partial charge in [0.2, 0.25) is 0 Å². The normalized spacial score (nSPS) is 21.5. The fourth-order valence-electron chi connectivity index (χ4n) is 1.65. The Kier molecular flexibility index (Phi) is 2.96. The summed E-state index contributed by atoms with van der Waals surface area (Å²) in [5, 5.41) is 12.2. The zero-order chi connectivity index (χ0) is 10.7. The van der Waals surface area contributed by atoms with Gasteiger partial charge in [-0.15, -0.1) is 0 Å². The molecule has 1 unspecified atom stereocenters. The van der Waals surface area contributed by atoms with E-state index in [-0.39, 0.29) is 5.89 Å². The van der Waals surface area contributed by atoms with Crippen molar-refractivity contribution < 1.29 is 19.2 Å². The summed E-state index contributed by atoms with van der Waals surface area (Å²) in [6, 6.07) is 0. The quantitative estimate of drug-likeness (QED) is 0.795. The molecule has 2 heterocycles. The first-order valence-electron chi connectivity index (χ1n) is 4.89. The molecule has 1 aliphatic rings. The molecule has 2 rings (SSSR count). The number of hydrogen-bond acceptors (Lipinski definition) is 5. The first-order chi connectivity index (χ1) is 7.25. The minimum Gasteiger partial charge on any atom is -0.474 e. The Hall–Kier alpha value is -1.43. The van der Waals surface area contributed by atoms with Gasteiger partial charge in [0.25, 0.3) is 0 Å². The SMILES string of the molecule is O=C(O)c1nc(CC2CCCOC2)no1. The third kappa shape index (κ3) is 2.53. The van der Waals surface area contributed by atoms with E-state index in [0.717, 1.165) is 19.4 Å². The second kappa shape index (κ2) is 4.39. The Labute approximate surface area is 86.2 Å². The van der Waals surface area contributed by atoms with Crippen molar-refractivity contribution in [1.82, 2.24) is 10.1 Å². The lowest BCUT2D eigenvalue weighted by Gasteiger charge is -2.20. The number of carboxylic acids is 1. The fraction of sp³-hybridized carbons (Fsp3) is 0.667. The molecule has 1 aliphatic heterocycles. The molecule has 1 atom stereocenters. The van der Waals surface area contributed by atoms with Crippen LogP contribution in [0.4, 0.5) is 0 Å². The summed E-state index contributed by atoms with van der Waals surface area (Å²) in [5.41, 5.74) is 0. The summed E-state index contributed by atoms with van der Waals surface area (Å²) in [4.78, 5) is 14.3. The van der Waals surface area contributed by atoms with Crippen LogP contribution in [0.15, 0.2) is 4.52 Å². The van der Waals surface area contributed by atoms with E-state index in [1.807, 2.05) is 0 Å². The van der Waals surface area contributed by atoms with E-state index in [1.54, 1.807) is 0 Å². The summed E-state index contributed by atoms with van der Waals surface area (Å²) in [6.07, 6.45) is 2.72. The highest BCUT2D eigenvalue weighted by molar-refractivity contribution is 5.81. The van der Waals surface area contributed by atoms with Crippen LogP contribution in [0.2, 0.25) is 0 Å². The van der Waals surface area contributed by atoms with Crippen molar-refractivity contribution in [2.75, 3.05) is 13.2 Å². The average molecular weight is 212 g/mol. The lowest BCUT2D eigenvalue weighted by atomic mass is 9.98. The Morgan fingerprint density at radius 1 is 1.60 bits per heavy atom. The summed E-state index contributed by atoms with van der Waals surface area (Å²) in [5.74, 6) is -0.712. The molecule has 1 saturated heterocycles. The van der Waals surface area contributed by atoms with E-state index in [4.69, 9.17) is 9.84 Å².